The minimum atomic E-state index is -0.815. The molecule has 80 heavy (non-hydrogen) atoms. The van der Waals surface area contributed by atoms with Crippen molar-refractivity contribution in [3.63, 3.8) is 0 Å². The molecular formula is C74H124O6. The van der Waals surface area contributed by atoms with Crippen molar-refractivity contribution in [2.24, 2.45) is 0 Å². The van der Waals surface area contributed by atoms with Gasteiger partial charge < -0.3 is 14.2 Å². The first-order chi connectivity index (χ1) is 39.5. The molecule has 0 saturated carbocycles. The maximum Gasteiger partial charge on any atom is 0.306 e. The molecule has 1 unspecified atom stereocenters. The van der Waals surface area contributed by atoms with Crippen LogP contribution in [0, 0.1) is 0 Å². The molecule has 0 aliphatic carbocycles. The van der Waals surface area contributed by atoms with Crippen LogP contribution in [0.3, 0.4) is 0 Å². The maximum absolute atomic E-state index is 12.9. The van der Waals surface area contributed by atoms with Gasteiger partial charge in [0.1, 0.15) is 13.2 Å². The Bertz CT molecular complexity index is 1650. The van der Waals surface area contributed by atoms with Crippen molar-refractivity contribution in [2.75, 3.05) is 13.2 Å². The normalized spacial score (nSPS) is 12.9. The second kappa shape index (κ2) is 67.3. The average Bonchev–Trinajstić information content (AvgIpc) is 3.46. The lowest BCUT2D eigenvalue weighted by Gasteiger charge is -2.18. The first-order valence-corrected chi connectivity index (χ1v) is 33.5. The van der Waals surface area contributed by atoms with Gasteiger partial charge in [-0.25, -0.2) is 0 Å². The summed E-state index contributed by atoms with van der Waals surface area (Å²) >= 11 is 0. The van der Waals surface area contributed by atoms with E-state index in [1.165, 1.54) is 148 Å². The van der Waals surface area contributed by atoms with Gasteiger partial charge in [-0.2, -0.15) is 0 Å². The van der Waals surface area contributed by atoms with E-state index in [1.807, 2.05) is 0 Å². The quantitative estimate of drug-likeness (QED) is 0.0261. The van der Waals surface area contributed by atoms with Crippen LogP contribution in [0.5, 0.6) is 0 Å². The van der Waals surface area contributed by atoms with Crippen LogP contribution in [-0.2, 0) is 28.6 Å². The molecule has 0 N–H and O–H groups in total. The number of hydrogen-bond acceptors (Lipinski definition) is 6. The minimum absolute atomic E-state index is 0.104. The highest BCUT2D eigenvalue weighted by Gasteiger charge is 2.19. The van der Waals surface area contributed by atoms with Crippen LogP contribution in [0.15, 0.2) is 122 Å². The topological polar surface area (TPSA) is 78.9 Å². The number of carbonyl (C=O) groups is 3. The van der Waals surface area contributed by atoms with Gasteiger partial charge in [0.05, 0.1) is 0 Å². The molecule has 456 valence electrons. The molecule has 0 spiro atoms. The minimum Gasteiger partial charge on any atom is -0.462 e. The maximum atomic E-state index is 12.9. The van der Waals surface area contributed by atoms with Crippen molar-refractivity contribution in [1.82, 2.24) is 0 Å². The second-order valence-corrected chi connectivity index (χ2v) is 22.0. The van der Waals surface area contributed by atoms with Gasteiger partial charge in [-0.1, -0.05) is 290 Å². The van der Waals surface area contributed by atoms with Crippen LogP contribution in [-0.4, -0.2) is 37.2 Å². The number of ether oxygens (including phenoxy) is 3. The zero-order valence-electron chi connectivity index (χ0n) is 52.3. The summed E-state index contributed by atoms with van der Waals surface area (Å²) in [5.74, 6) is -0.971. The third kappa shape index (κ3) is 64.6. The molecule has 0 fully saturated rings. The van der Waals surface area contributed by atoms with Crippen molar-refractivity contribution in [3.05, 3.63) is 122 Å². The fraction of sp³-hybridized carbons (Fsp3) is 0.689. The summed E-state index contributed by atoms with van der Waals surface area (Å²) in [7, 11) is 0. The smallest absolute Gasteiger partial charge is 0.306 e. The molecule has 1 atom stereocenters. The van der Waals surface area contributed by atoms with Crippen molar-refractivity contribution in [1.29, 1.82) is 0 Å². The standard InChI is InChI=1S/C74H124O6/c1-4-7-10-13-16-19-22-24-26-28-30-32-34-35-36-37-38-39-41-42-44-46-48-50-52-55-58-61-64-67-73(76)79-70-71(69-78-72(75)66-63-60-57-54-21-18-15-12-9-6-3)80-74(77)68-65-62-59-56-53-51-49-47-45-43-40-33-31-29-27-25-23-20-17-14-11-8-5-2/h8,11-12,15,17,20,22,24-25,27-28,30-31,33,43,45,49,51,56,59,71H,4-7,9-10,13-14,16,18-19,21,23,26,29,32,34-42,44,46-48,50,52-55,57-58,60-70H2,1-3H3/b11-8-,15-12-,20-17-,24-22-,27-25-,30-28-,33-31-,45-43-,51-49-,59-56-. The third-order valence-electron chi connectivity index (χ3n) is 14.2. The van der Waals surface area contributed by atoms with Crippen LogP contribution in [0.2, 0.25) is 0 Å². The van der Waals surface area contributed by atoms with Crippen LogP contribution in [0.4, 0.5) is 0 Å². The van der Waals surface area contributed by atoms with Crippen molar-refractivity contribution in [2.45, 2.75) is 316 Å². The molecule has 0 amide bonds. The predicted molar refractivity (Wildman–Crippen MR) is 348 cm³/mol. The van der Waals surface area contributed by atoms with E-state index in [4.69, 9.17) is 14.2 Å². The van der Waals surface area contributed by atoms with Crippen molar-refractivity contribution in [3.8, 4) is 0 Å². The van der Waals surface area contributed by atoms with Gasteiger partial charge >= 0.3 is 17.9 Å². The van der Waals surface area contributed by atoms with Gasteiger partial charge in [0, 0.05) is 19.3 Å². The van der Waals surface area contributed by atoms with E-state index >= 15 is 0 Å². The number of carbonyl (C=O) groups excluding carboxylic acids is 3. The highest BCUT2D eigenvalue weighted by atomic mass is 16.6. The second-order valence-electron chi connectivity index (χ2n) is 22.0. The average molecular weight is 1110 g/mol. The summed E-state index contributed by atoms with van der Waals surface area (Å²) in [5, 5.41) is 0. The van der Waals surface area contributed by atoms with Gasteiger partial charge in [0.2, 0.25) is 0 Å². The first kappa shape index (κ1) is 75.8. The summed E-state index contributed by atoms with van der Waals surface area (Å²) in [4.78, 5) is 38.2. The lowest BCUT2D eigenvalue weighted by atomic mass is 10.0. The Labute approximate surface area is 494 Å². The number of esters is 3. The number of rotatable bonds is 60. The van der Waals surface area contributed by atoms with Gasteiger partial charge in [-0.15, -0.1) is 0 Å². The summed E-state index contributed by atoms with van der Waals surface area (Å²) in [6.07, 6.45) is 93.8. The van der Waals surface area contributed by atoms with E-state index in [-0.39, 0.29) is 37.5 Å². The highest BCUT2D eigenvalue weighted by molar-refractivity contribution is 5.71. The predicted octanol–water partition coefficient (Wildman–Crippen LogP) is 23.2. The lowest BCUT2D eigenvalue weighted by molar-refractivity contribution is -0.167. The summed E-state index contributed by atoms with van der Waals surface area (Å²) < 4.78 is 16.8. The van der Waals surface area contributed by atoms with Crippen LogP contribution in [0.25, 0.3) is 0 Å². The van der Waals surface area contributed by atoms with Gasteiger partial charge in [-0.05, 0) is 122 Å². The molecule has 0 aromatic carbocycles. The van der Waals surface area contributed by atoms with E-state index in [0.717, 1.165) is 116 Å². The molecule has 0 rings (SSSR count). The molecule has 6 heteroatoms. The monoisotopic (exact) mass is 1110 g/mol. The van der Waals surface area contributed by atoms with Gasteiger partial charge in [-0.3, -0.25) is 14.4 Å². The Balaban J connectivity index is 4.28. The molecular weight excluding hydrogens is 985 g/mol. The molecule has 0 heterocycles. The van der Waals surface area contributed by atoms with E-state index < -0.39 is 6.10 Å². The van der Waals surface area contributed by atoms with Crippen LogP contribution < -0.4 is 0 Å². The molecule has 0 aromatic rings. The summed E-state index contributed by atoms with van der Waals surface area (Å²) in [5.41, 5.74) is 0. The third-order valence-corrected chi connectivity index (χ3v) is 14.2. The Morgan fingerprint density at radius 2 is 0.525 bits per heavy atom. The fourth-order valence-electron chi connectivity index (χ4n) is 9.17. The molecule has 0 radical (unpaired) electrons. The number of hydrogen-bond donors (Lipinski definition) is 0. The number of allylic oxidation sites excluding steroid dienone is 20. The molecule has 0 aliphatic rings. The molecule has 0 aliphatic heterocycles. The number of unbranched alkanes of at least 4 members (excludes halogenated alkanes) is 29. The lowest BCUT2D eigenvalue weighted by Crippen LogP contribution is -2.30. The van der Waals surface area contributed by atoms with Crippen LogP contribution >= 0.6 is 0 Å². The molecule has 0 aromatic heterocycles. The van der Waals surface area contributed by atoms with E-state index in [9.17, 15) is 14.4 Å². The van der Waals surface area contributed by atoms with E-state index in [0.29, 0.717) is 19.3 Å². The summed E-state index contributed by atoms with van der Waals surface area (Å²) in [6, 6.07) is 0. The SMILES string of the molecule is CC/C=C\C/C=C\C/C=C\C/C=C\C/C=C\C/C=C\C/C=C\CCCC(=O)OC(COC(=O)CCCCCCC/C=C\CCC)COC(=O)CCCCCCCCCCCCCCCCCCC/C=C\C/C=C\CCCCCCC. The fourth-order valence-corrected chi connectivity index (χ4v) is 9.17. The molecule has 6 nitrogen and oxygen atoms in total. The Kier molecular flexibility index (Phi) is 63.8. The zero-order chi connectivity index (χ0) is 57.8. The first-order valence-electron chi connectivity index (χ1n) is 33.5. The summed E-state index contributed by atoms with van der Waals surface area (Å²) in [6.45, 7) is 6.42. The van der Waals surface area contributed by atoms with Crippen molar-refractivity contribution >= 4 is 17.9 Å². The molecule has 0 bridgehead atoms. The highest BCUT2D eigenvalue weighted by Crippen LogP contribution is 2.16. The zero-order valence-corrected chi connectivity index (χ0v) is 52.3. The Hall–Kier alpha value is -4.19. The van der Waals surface area contributed by atoms with Crippen LogP contribution in [0.1, 0.15) is 310 Å². The Morgan fingerprint density at radius 3 is 0.863 bits per heavy atom. The Morgan fingerprint density at radius 1 is 0.263 bits per heavy atom. The van der Waals surface area contributed by atoms with Gasteiger partial charge in [0.15, 0.2) is 6.10 Å². The van der Waals surface area contributed by atoms with E-state index in [2.05, 4.69) is 142 Å². The van der Waals surface area contributed by atoms with E-state index in [1.54, 1.807) is 0 Å². The molecule has 0 saturated heterocycles. The van der Waals surface area contributed by atoms with Crippen molar-refractivity contribution < 1.29 is 28.6 Å². The largest absolute Gasteiger partial charge is 0.462 e. The van der Waals surface area contributed by atoms with Gasteiger partial charge in [0.25, 0.3) is 0 Å².